The summed E-state index contributed by atoms with van der Waals surface area (Å²) in [4.78, 5) is 18.9. The molecule has 0 aliphatic carbocycles. The van der Waals surface area contributed by atoms with Crippen LogP contribution in [0.25, 0.3) is 0 Å². The number of aromatic nitrogens is 1. The number of hydrogen-bond donors (Lipinski definition) is 0. The van der Waals surface area contributed by atoms with Crippen molar-refractivity contribution in [1.29, 1.82) is 0 Å². The highest BCUT2D eigenvalue weighted by molar-refractivity contribution is 9.10. The number of rotatable bonds is 3. The number of halogens is 1. The number of benzene rings is 1. The van der Waals surface area contributed by atoms with Crippen LogP contribution >= 0.6 is 15.9 Å². The number of hydrogen-bond acceptors (Lipinski definition) is 5. The number of methoxy groups -OCH3 is 2. The molecule has 0 bridgehead atoms. The SMILES string of the molecule is COc1cc2c(c(Br)c1OC)C(c1ccncc1)N(C(=O)OC(C)(C)C)CC2. The van der Waals surface area contributed by atoms with Crippen LogP contribution in [0, 0.1) is 0 Å². The van der Waals surface area contributed by atoms with Gasteiger partial charge < -0.3 is 14.2 Å². The fourth-order valence-electron chi connectivity index (χ4n) is 3.45. The molecule has 1 aromatic heterocycles. The third kappa shape index (κ3) is 3.94. The van der Waals surface area contributed by atoms with Gasteiger partial charge in [0.15, 0.2) is 11.5 Å². The molecule has 0 radical (unpaired) electrons. The molecular weight excluding hydrogens is 424 g/mol. The summed E-state index contributed by atoms with van der Waals surface area (Å²) in [5.41, 5.74) is 2.46. The Labute approximate surface area is 173 Å². The van der Waals surface area contributed by atoms with Gasteiger partial charge in [0.25, 0.3) is 0 Å². The quantitative estimate of drug-likeness (QED) is 0.677. The van der Waals surface area contributed by atoms with Crippen molar-refractivity contribution in [3.05, 3.63) is 51.8 Å². The molecule has 0 saturated carbocycles. The van der Waals surface area contributed by atoms with Crippen LogP contribution in [0.4, 0.5) is 4.79 Å². The van der Waals surface area contributed by atoms with Crippen molar-refractivity contribution >= 4 is 22.0 Å². The molecule has 0 saturated heterocycles. The minimum absolute atomic E-state index is 0.323. The zero-order valence-electron chi connectivity index (χ0n) is 16.8. The van der Waals surface area contributed by atoms with E-state index in [1.807, 2.05) is 39.0 Å². The lowest BCUT2D eigenvalue weighted by molar-refractivity contribution is 0.0177. The summed E-state index contributed by atoms with van der Waals surface area (Å²) in [6, 6.07) is 5.50. The van der Waals surface area contributed by atoms with E-state index in [4.69, 9.17) is 14.2 Å². The molecule has 3 rings (SSSR count). The molecule has 1 aromatic carbocycles. The summed E-state index contributed by atoms with van der Waals surface area (Å²) in [5, 5.41) is 0. The van der Waals surface area contributed by atoms with E-state index in [2.05, 4.69) is 20.9 Å². The molecule has 0 fully saturated rings. The Morgan fingerprint density at radius 1 is 1.21 bits per heavy atom. The van der Waals surface area contributed by atoms with Gasteiger partial charge in [0.05, 0.1) is 24.7 Å². The summed E-state index contributed by atoms with van der Waals surface area (Å²) in [7, 11) is 3.22. The number of carbonyl (C=O) groups is 1. The largest absolute Gasteiger partial charge is 0.493 e. The highest BCUT2D eigenvalue weighted by Gasteiger charge is 2.37. The molecule has 1 amide bonds. The van der Waals surface area contributed by atoms with Gasteiger partial charge in [-0.25, -0.2) is 4.79 Å². The zero-order valence-corrected chi connectivity index (χ0v) is 18.4. The molecule has 2 heterocycles. The van der Waals surface area contributed by atoms with Gasteiger partial charge >= 0.3 is 6.09 Å². The van der Waals surface area contributed by atoms with Gasteiger partial charge in [0.1, 0.15) is 5.60 Å². The van der Waals surface area contributed by atoms with Crippen LogP contribution in [0.5, 0.6) is 11.5 Å². The summed E-state index contributed by atoms with van der Waals surface area (Å²) in [5.74, 6) is 1.26. The second-order valence-corrected chi connectivity index (χ2v) is 8.40. The standard InChI is InChI=1S/C21H25BrN2O4/c1-21(2,3)28-20(25)24-11-8-14-12-15(26-4)19(27-5)17(22)16(14)18(24)13-6-9-23-10-7-13/h6-7,9-10,12,18H,8,11H2,1-5H3. The Bertz CT molecular complexity index is 865. The highest BCUT2D eigenvalue weighted by Crippen LogP contribution is 2.47. The normalized spacial score (nSPS) is 16.4. The predicted octanol–water partition coefficient (Wildman–Crippen LogP) is 4.74. The van der Waals surface area contributed by atoms with E-state index in [-0.39, 0.29) is 12.1 Å². The van der Waals surface area contributed by atoms with Gasteiger partial charge in [-0.3, -0.25) is 9.88 Å². The minimum atomic E-state index is -0.574. The monoisotopic (exact) mass is 448 g/mol. The number of amides is 1. The summed E-state index contributed by atoms with van der Waals surface area (Å²) >= 11 is 3.70. The number of fused-ring (bicyclic) bond motifs is 1. The molecule has 150 valence electrons. The van der Waals surface area contributed by atoms with Crippen LogP contribution in [0.2, 0.25) is 0 Å². The number of nitrogens with zero attached hydrogens (tertiary/aromatic N) is 2. The van der Waals surface area contributed by atoms with E-state index in [9.17, 15) is 4.79 Å². The Balaban J connectivity index is 2.17. The lowest BCUT2D eigenvalue weighted by Gasteiger charge is -2.39. The van der Waals surface area contributed by atoms with Gasteiger partial charge in [-0.15, -0.1) is 0 Å². The van der Waals surface area contributed by atoms with Crippen molar-refractivity contribution in [1.82, 2.24) is 9.88 Å². The van der Waals surface area contributed by atoms with Crippen LogP contribution in [-0.2, 0) is 11.2 Å². The molecule has 1 aliphatic heterocycles. The van der Waals surface area contributed by atoms with Crippen molar-refractivity contribution in [2.24, 2.45) is 0 Å². The Kier molecular flexibility index (Phi) is 5.84. The molecule has 1 unspecified atom stereocenters. The molecular formula is C21H25BrN2O4. The van der Waals surface area contributed by atoms with Gasteiger partial charge in [-0.2, -0.15) is 0 Å². The molecule has 0 N–H and O–H groups in total. The van der Waals surface area contributed by atoms with E-state index in [1.54, 1.807) is 31.5 Å². The number of ether oxygens (including phenoxy) is 3. The Morgan fingerprint density at radius 2 is 1.89 bits per heavy atom. The lowest BCUT2D eigenvalue weighted by Crippen LogP contribution is -2.43. The average Bonchev–Trinajstić information content (AvgIpc) is 2.66. The topological polar surface area (TPSA) is 60.9 Å². The lowest BCUT2D eigenvalue weighted by atomic mass is 9.88. The van der Waals surface area contributed by atoms with Crippen LogP contribution < -0.4 is 9.47 Å². The first-order chi connectivity index (χ1) is 13.3. The van der Waals surface area contributed by atoms with Crippen LogP contribution in [-0.4, -0.2) is 42.3 Å². The number of carbonyl (C=O) groups excluding carboxylic acids is 1. The van der Waals surface area contributed by atoms with Crippen LogP contribution in [0.3, 0.4) is 0 Å². The maximum Gasteiger partial charge on any atom is 0.411 e. The fourth-order valence-corrected chi connectivity index (χ4v) is 4.28. The van der Waals surface area contributed by atoms with E-state index in [0.29, 0.717) is 24.5 Å². The smallest absolute Gasteiger partial charge is 0.411 e. The van der Waals surface area contributed by atoms with Crippen molar-refractivity contribution in [2.75, 3.05) is 20.8 Å². The molecule has 1 aliphatic rings. The maximum atomic E-state index is 13.0. The molecule has 2 aromatic rings. The first-order valence-corrected chi connectivity index (χ1v) is 9.89. The second kappa shape index (κ2) is 7.99. The summed E-state index contributed by atoms with van der Waals surface area (Å²) in [6.45, 7) is 6.15. The summed E-state index contributed by atoms with van der Waals surface area (Å²) < 4.78 is 17.5. The maximum absolute atomic E-state index is 13.0. The predicted molar refractivity (Wildman–Crippen MR) is 110 cm³/mol. The Hall–Kier alpha value is -2.28. The first kappa shape index (κ1) is 20.5. The molecule has 6 nitrogen and oxygen atoms in total. The zero-order chi connectivity index (χ0) is 20.5. The van der Waals surface area contributed by atoms with Gasteiger partial charge in [-0.1, -0.05) is 0 Å². The molecule has 0 spiro atoms. The van der Waals surface area contributed by atoms with E-state index in [1.165, 1.54) is 0 Å². The van der Waals surface area contributed by atoms with E-state index < -0.39 is 5.60 Å². The average molecular weight is 449 g/mol. The number of pyridine rings is 1. The van der Waals surface area contributed by atoms with E-state index in [0.717, 1.165) is 21.2 Å². The Morgan fingerprint density at radius 3 is 2.46 bits per heavy atom. The molecule has 1 atom stereocenters. The molecule has 28 heavy (non-hydrogen) atoms. The third-order valence-electron chi connectivity index (χ3n) is 4.59. The molecule has 7 heteroatoms. The summed E-state index contributed by atoms with van der Waals surface area (Å²) in [6.07, 6.45) is 3.80. The highest BCUT2D eigenvalue weighted by atomic mass is 79.9. The van der Waals surface area contributed by atoms with Crippen molar-refractivity contribution in [3.8, 4) is 11.5 Å². The van der Waals surface area contributed by atoms with Gasteiger partial charge in [-0.05, 0) is 72.4 Å². The van der Waals surface area contributed by atoms with Crippen LogP contribution in [0.1, 0.15) is 43.5 Å². The van der Waals surface area contributed by atoms with Crippen molar-refractivity contribution < 1.29 is 19.0 Å². The van der Waals surface area contributed by atoms with Crippen LogP contribution in [0.15, 0.2) is 35.1 Å². The first-order valence-electron chi connectivity index (χ1n) is 9.09. The van der Waals surface area contributed by atoms with Crippen molar-refractivity contribution in [2.45, 2.75) is 38.8 Å². The van der Waals surface area contributed by atoms with E-state index >= 15 is 0 Å². The minimum Gasteiger partial charge on any atom is -0.493 e. The second-order valence-electron chi connectivity index (χ2n) is 7.61. The van der Waals surface area contributed by atoms with Gasteiger partial charge in [0.2, 0.25) is 0 Å². The van der Waals surface area contributed by atoms with Crippen molar-refractivity contribution in [3.63, 3.8) is 0 Å². The van der Waals surface area contributed by atoms with Gasteiger partial charge in [0, 0.05) is 24.5 Å². The fraction of sp³-hybridized carbons (Fsp3) is 0.429. The third-order valence-corrected chi connectivity index (χ3v) is 5.38.